The van der Waals surface area contributed by atoms with Gasteiger partial charge in [-0.3, -0.25) is 9.20 Å². The second kappa shape index (κ2) is 4.53. The Morgan fingerprint density at radius 2 is 1.58 bits per heavy atom. The highest BCUT2D eigenvalue weighted by Gasteiger charge is 2.19. The Hall–Kier alpha value is -1.55. The number of nitrogens with zero attached hydrogens (tertiary/aromatic N) is 3. The maximum Gasteiger partial charge on any atom is 0.261 e. The molecule has 0 atom stereocenters. The summed E-state index contributed by atoms with van der Waals surface area (Å²) in [4.78, 5) is 14.7. The largest absolute Gasteiger partial charge is 0.334 e. The van der Waals surface area contributed by atoms with Crippen LogP contribution in [0, 0.1) is 27.7 Å². The Morgan fingerprint density at radius 3 is 2.11 bits per heavy atom. The van der Waals surface area contributed by atoms with Crippen molar-refractivity contribution < 1.29 is 0 Å². The Morgan fingerprint density at radius 1 is 1.00 bits per heavy atom. The first-order valence-corrected chi connectivity index (χ1v) is 6.58. The number of hydrogen-bond donors (Lipinski definition) is 0. The maximum absolute atomic E-state index is 12.6. The summed E-state index contributed by atoms with van der Waals surface area (Å²) in [6, 6.07) is 0. The molecule has 2 rings (SSSR count). The van der Waals surface area contributed by atoms with E-state index in [2.05, 4.69) is 23.3 Å². The van der Waals surface area contributed by atoms with Crippen molar-refractivity contribution in [2.24, 2.45) is 7.05 Å². The van der Waals surface area contributed by atoms with Gasteiger partial charge >= 0.3 is 0 Å². The molecule has 2 aromatic heterocycles. The smallest absolute Gasteiger partial charge is 0.261 e. The first kappa shape index (κ1) is 13.9. The average molecular weight is 261 g/mol. The molecule has 0 N–H and O–H groups in total. The van der Waals surface area contributed by atoms with Crippen molar-refractivity contribution in [3.63, 3.8) is 0 Å². The Kier molecular flexibility index (Phi) is 3.31. The minimum atomic E-state index is 0.110. The molecule has 104 valence electrons. The zero-order valence-electron chi connectivity index (χ0n) is 13.0. The molecule has 0 aliphatic rings. The monoisotopic (exact) mass is 261 g/mol. The highest BCUT2D eigenvalue weighted by atomic mass is 16.1. The molecule has 0 aliphatic carbocycles. The van der Waals surface area contributed by atoms with E-state index in [0.29, 0.717) is 0 Å². The minimum Gasteiger partial charge on any atom is -0.334 e. The fraction of sp³-hybridized carbons (Fsp3) is 0.533. The Labute approximate surface area is 114 Å². The van der Waals surface area contributed by atoms with Crippen molar-refractivity contribution in [2.75, 3.05) is 14.1 Å². The van der Waals surface area contributed by atoms with Crippen LogP contribution >= 0.6 is 0 Å². The predicted molar refractivity (Wildman–Crippen MR) is 79.0 cm³/mol. The Balaban J connectivity index is 3.00. The Bertz CT molecular complexity index is 705. The van der Waals surface area contributed by atoms with Gasteiger partial charge in [0.05, 0.1) is 0 Å². The lowest BCUT2D eigenvalue weighted by Crippen LogP contribution is -2.25. The third kappa shape index (κ3) is 1.91. The van der Waals surface area contributed by atoms with E-state index in [1.165, 1.54) is 11.1 Å². The molecule has 2 aromatic rings. The van der Waals surface area contributed by atoms with Crippen LogP contribution < -0.4 is 5.56 Å². The van der Waals surface area contributed by atoms with Crippen molar-refractivity contribution in [3.05, 3.63) is 38.4 Å². The summed E-state index contributed by atoms with van der Waals surface area (Å²) in [5, 5.41) is 0. The van der Waals surface area contributed by atoms with Crippen molar-refractivity contribution in [3.8, 4) is 0 Å². The van der Waals surface area contributed by atoms with Gasteiger partial charge in [-0.05, 0) is 52.9 Å². The van der Waals surface area contributed by atoms with E-state index in [1.54, 1.807) is 0 Å². The van der Waals surface area contributed by atoms with Crippen LogP contribution in [0.15, 0.2) is 4.79 Å². The molecule has 0 unspecified atom stereocenters. The molecule has 4 heteroatoms. The highest BCUT2D eigenvalue weighted by Crippen LogP contribution is 2.22. The van der Waals surface area contributed by atoms with Gasteiger partial charge in [-0.25, -0.2) is 0 Å². The molecule has 19 heavy (non-hydrogen) atoms. The normalized spacial score (nSPS) is 11.8. The van der Waals surface area contributed by atoms with Gasteiger partial charge in [-0.1, -0.05) is 0 Å². The number of aromatic nitrogens is 2. The molecule has 0 amide bonds. The van der Waals surface area contributed by atoms with Gasteiger partial charge in [0, 0.05) is 30.5 Å². The summed E-state index contributed by atoms with van der Waals surface area (Å²) in [6.45, 7) is 8.88. The van der Waals surface area contributed by atoms with Crippen LogP contribution in [0.25, 0.3) is 5.65 Å². The zero-order chi connectivity index (χ0) is 14.5. The SMILES string of the molecule is Cc1c(C)c2n(C)c(C)c(C)c(=O)n2c1CN(C)C. The van der Waals surface area contributed by atoms with Crippen molar-refractivity contribution in [1.82, 2.24) is 13.9 Å². The van der Waals surface area contributed by atoms with Crippen LogP contribution in [-0.4, -0.2) is 28.0 Å². The van der Waals surface area contributed by atoms with Gasteiger partial charge in [-0.15, -0.1) is 0 Å². The lowest BCUT2D eigenvalue weighted by atomic mass is 10.2. The number of rotatable bonds is 2. The van der Waals surface area contributed by atoms with Crippen LogP contribution in [0.3, 0.4) is 0 Å². The first-order valence-electron chi connectivity index (χ1n) is 6.58. The van der Waals surface area contributed by atoms with Gasteiger partial charge < -0.3 is 9.47 Å². The molecular weight excluding hydrogens is 238 g/mol. The number of aryl methyl sites for hydroxylation is 2. The highest BCUT2D eigenvalue weighted by molar-refractivity contribution is 5.58. The van der Waals surface area contributed by atoms with Crippen LogP contribution in [0.4, 0.5) is 0 Å². The second-order valence-corrected chi connectivity index (χ2v) is 5.67. The molecule has 0 spiro atoms. The molecule has 4 nitrogen and oxygen atoms in total. The quantitative estimate of drug-likeness (QED) is 0.827. The fourth-order valence-electron chi connectivity index (χ4n) is 2.69. The molecule has 2 heterocycles. The average Bonchev–Trinajstić information content (AvgIpc) is 2.58. The van der Waals surface area contributed by atoms with E-state index in [1.807, 2.05) is 39.4 Å². The van der Waals surface area contributed by atoms with E-state index in [-0.39, 0.29) is 5.56 Å². The van der Waals surface area contributed by atoms with E-state index < -0.39 is 0 Å². The molecular formula is C15H23N3O. The van der Waals surface area contributed by atoms with Gasteiger partial charge in [0.25, 0.3) is 5.56 Å². The maximum atomic E-state index is 12.6. The second-order valence-electron chi connectivity index (χ2n) is 5.67. The summed E-state index contributed by atoms with van der Waals surface area (Å²) in [5.41, 5.74) is 6.49. The van der Waals surface area contributed by atoms with Crippen molar-refractivity contribution >= 4 is 5.65 Å². The number of hydrogen-bond acceptors (Lipinski definition) is 2. The predicted octanol–water partition coefficient (Wildman–Crippen LogP) is 1.93. The van der Waals surface area contributed by atoms with Gasteiger partial charge in [0.2, 0.25) is 0 Å². The van der Waals surface area contributed by atoms with Crippen LogP contribution in [0.2, 0.25) is 0 Å². The summed E-state index contributed by atoms with van der Waals surface area (Å²) < 4.78 is 4.01. The van der Waals surface area contributed by atoms with Gasteiger partial charge in [0.1, 0.15) is 5.65 Å². The van der Waals surface area contributed by atoms with Crippen LogP contribution in [-0.2, 0) is 13.6 Å². The van der Waals surface area contributed by atoms with E-state index in [9.17, 15) is 4.79 Å². The third-order valence-corrected chi connectivity index (χ3v) is 4.17. The first-order chi connectivity index (χ1) is 8.77. The topological polar surface area (TPSA) is 29.6 Å². The lowest BCUT2D eigenvalue weighted by molar-refractivity contribution is 0.393. The fourth-order valence-corrected chi connectivity index (χ4v) is 2.69. The third-order valence-electron chi connectivity index (χ3n) is 4.17. The summed E-state index contributed by atoms with van der Waals surface area (Å²) in [7, 11) is 6.09. The molecule has 0 saturated heterocycles. The van der Waals surface area contributed by atoms with Crippen LogP contribution in [0.1, 0.15) is 28.1 Å². The standard InChI is InChI=1S/C15H23N3O/c1-9-10(2)14-17(7)12(4)11(3)15(19)18(14)13(9)8-16(5)6/h8H2,1-7H3. The molecule has 0 fully saturated rings. The molecule has 0 aromatic carbocycles. The van der Waals surface area contributed by atoms with E-state index in [0.717, 1.165) is 29.1 Å². The number of fused-ring (bicyclic) bond motifs is 1. The van der Waals surface area contributed by atoms with E-state index in [4.69, 9.17) is 0 Å². The van der Waals surface area contributed by atoms with Gasteiger partial charge in [-0.2, -0.15) is 0 Å². The molecule has 0 radical (unpaired) electrons. The summed E-state index contributed by atoms with van der Waals surface area (Å²) >= 11 is 0. The van der Waals surface area contributed by atoms with Crippen molar-refractivity contribution in [2.45, 2.75) is 34.2 Å². The summed E-state index contributed by atoms with van der Waals surface area (Å²) in [6.07, 6.45) is 0. The lowest BCUT2D eigenvalue weighted by Gasteiger charge is -2.14. The van der Waals surface area contributed by atoms with Crippen LogP contribution in [0.5, 0.6) is 0 Å². The molecule has 0 aliphatic heterocycles. The zero-order valence-corrected chi connectivity index (χ0v) is 13.0. The minimum absolute atomic E-state index is 0.110. The van der Waals surface area contributed by atoms with E-state index >= 15 is 0 Å². The molecule has 0 saturated carbocycles. The van der Waals surface area contributed by atoms with Gasteiger partial charge in [0.15, 0.2) is 0 Å². The van der Waals surface area contributed by atoms with Crippen molar-refractivity contribution in [1.29, 1.82) is 0 Å². The summed E-state index contributed by atoms with van der Waals surface area (Å²) in [5.74, 6) is 0. The molecule has 0 bridgehead atoms.